The van der Waals surface area contributed by atoms with Gasteiger partial charge >= 0.3 is 6.01 Å². The monoisotopic (exact) mass is 442 g/mol. The van der Waals surface area contributed by atoms with Gasteiger partial charge in [0.05, 0.1) is 15.1 Å². The lowest BCUT2D eigenvalue weighted by atomic mass is 10.2. The maximum absolute atomic E-state index is 12.3. The van der Waals surface area contributed by atoms with Crippen molar-refractivity contribution in [1.82, 2.24) is 10.2 Å². The Balaban J connectivity index is 1.72. The Hall–Kier alpha value is -3.86. The van der Waals surface area contributed by atoms with Crippen molar-refractivity contribution in [1.29, 1.82) is 0 Å². The maximum Gasteiger partial charge on any atom is 0.322 e. The molecule has 0 bridgehead atoms. The highest BCUT2D eigenvalue weighted by atomic mass is 32.2. The van der Waals surface area contributed by atoms with Gasteiger partial charge in [-0.05, 0) is 43.7 Å². The number of benzene rings is 2. The van der Waals surface area contributed by atoms with Crippen molar-refractivity contribution in [2.45, 2.75) is 24.0 Å². The molecular weight excluding hydrogens is 424 g/mol. The van der Waals surface area contributed by atoms with Gasteiger partial charge < -0.3 is 4.42 Å². The lowest BCUT2D eigenvalue weighted by molar-refractivity contribution is -0.384. The van der Waals surface area contributed by atoms with Crippen molar-refractivity contribution < 1.29 is 22.6 Å². The number of rotatable bonds is 7. The molecule has 31 heavy (non-hydrogen) atoms. The highest BCUT2D eigenvalue weighted by Crippen LogP contribution is 2.24. The number of hydrogen-bond donors (Lipinski definition) is 1. The SMILES string of the molecule is CC(C)S(=O)(=O)c1cccc(-c2nnc(NC(=O)C=Cc3cccc([N+](=O)[O-])c3)o2)c1. The fourth-order valence-corrected chi connectivity index (χ4v) is 3.63. The number of anilines is 1. The zero-order chi connectivity index (χ0) is 22.6. The third-order valence-electron chi connectivity index (χ3n) is 4.19. The summed E-state index contributed by atoms with van der Waals surface area (Å²) in [5.74, 6) is -0.545. The molecule has 160 valence electrons. The van der Waals surface area contributed by atoms with Crippen LogP contribution in [0, 0.1) is 10.1 Å². The van der Waals surface area contributed by atoms with Gasteiger partial charge in [0, 0.05) is 23.8 Å². The van der Waals surface area contributed by atoms with Crippen LogP contribution in [0.25, 0.3) is 17.5 Å². The van der Waals surface area contributed by atoms with Crippen molar-refractivity contribution in [2.24, 2.45) is 0 Å². The van der Waals surface area contributed by atoms with Crippen LogP contribution in [0.1, 0.15) is 19.4 Å². The molecule has 1 amide bonds. The third-order valence-corrected chi connectivity index (χ3v) is 6.35. The van der Waals surface area contributed by atoms with Crippen molar-refractivity contribution >= 4 is 33.5 Å². The van der Waals surface area contributed by atoms with E-state index in [4.69, 9.17) is 4.42 Å². The Morgan fingerprint density at radius 1 is 1.16 bits per heavy atom. The molecule has 0 radical (unpaired) electrons. The molecule has 0 aliphatic rings. The highest BCUT2D eigenvalue weighted by Gasteiger charge is 2.20. The van der Waals surface area contributed by atoms with Gasteiger partial charge in [0.1, 0.15) is 0 Å². The number of nitro groups is 1. The van der Waals surface area contributed by atoms with E-state index >= 15 is 0 Å². The fraction of sp³-hybridized carbons (Fsp3) is 0.150. The number of sulfone groups is 1. The number of non-ortho nitro benzene ring substituents is 1. The largest absolute Gasteiger partial charge is 0.403 e. The minimum atomic E-state index is -3.47. The van der Waals surface area contributed by atoms with E-state index in [0.29, 0.717) is 11.1 Å². The van der Waals surface area contributed by atoms with Gasteiger partial charge in [-0.2, -0.15) is 0 Å². The van der Waals surface area contributed by atoms with Crippen LogP contribution >= 0.6 is 0 Å². The fourth-order valence-electron chi connectivity index (χ4n) is 2.53. The van der Waals surface area contributed by atoms with E-state index in [1.807, 2.05) is 0 Å². The molecular formula is C20H18N4O6S. The average Bonchev–Trinajstić information content (AvgIpc) is 3.21. The first-order valence-electron chi connectivity index (χ1n) is 9.08. The minimum Gasteiger partial charge on any atom is -0.403 e. The van der Waals surface area contributed by atoms with Crippen molar-refractivity contribution in [3.05, 3.63) is 70.3 Å². The predicted octanol–water partition coefficient (Wildman–Crippen LogP) is 3.48. The summed E-state index contributed by atoms with van der Waals surface area (Å²) in [6.07, 6.45) is 2.57. The van der Waals surface area contributed by atoms with Crippen molar-refractivity contribution in [2.75, 3.05) is 5.32 Å². The Morgan fingerprint density at radius 2 is 1.90 bits per heavy atom. The zero-order valence-corrected chi connectivity index (χ0v) is 17.4. The number of nitrogens with one attached hydrogen (secondary N) is 1. The number of nitro benzene ring substituents is 1. The van der Waals surface area contributed by atoms with Gasteiger partial charge in [-0.3, -0.25) is 20.2 Å². The summed E-state index contributed by atoms with van der Waals surface area (Å²) in [6.45, 7) is 3.17. The van der Waals surface area contributed by atoms with Crippen LogP contribution < -0.4 is 5.32 Å². The smallest absolute Gasteiger partial charge is 0.322 e. The lowest BCUT2D eigenvalue weighted by Crippen LogP contribution is -2.13. The van der Waals surface area contributed by atoms with Crippen LogP contribution in [0.2, 0.25) is 0 Å². The zero-order valence-electron chi connectivity index (χ0n) is 16.6. The molecule has 3 aromatic rings. The van der Waals surface area contributed by atoms with Crippen LogP contribution in [0.4, 0.5) is 11.7 Å². The van der Waals surface area contributed by atoms with Crippen LogP contribution in [0.3, 0.4) is 0 Å². The maximum atomic E-state index is 12.3. The Labute approximate surface area is 177 Å². The average molecular weight is 442 g/mol. The summed E-state index contributed by atoms with van der Waals surface area (Å²) < 4.78 is 30.1. The first-order valence-corrected chi connectivity index (χ1v) is 10.6. The highest BCUT2D eigenvalue weighted by molar-refractivity contribution is 7.92. The number of hydrogen-bond acceptors (Lipinski definition) is 8. The van der Waals surface area contributed by atoms with E-state index < -0.39 is 25.9 Å². The van der Waals surface area contributed by atoms with E-state index in [1.165, 1.54) is 42.5 Å². The topological polar surface area (TPSA) is 145 Å². The van der Waals surface area contributed by atoms with Gasteiger partial charge in [0.25, 0.3) is 11.6 Å². The number of aromatic nitrogens is 2. The molecule has 1 heterocycles. The van der Waals surface area contributed by atoms with Gasteiger partial charge in [-0.1, -0.05) is 23.3 Å². The normalized spacial score (nSPS) is 11.7. The molecule has 0 unspecified atom stereocenters. The molecule has 0 fully saturated rings. The van der Waals surface area contributed by atoms with Crippen molar-refractivity contribution in [3.8, 4) is 11.5 Å². The number of amides is 1. The second-order valence-electron chi connectivity index (χ2n) is 6.71. The number of carbonyl (C=O) groups excluding carboxylic acids is 1. The molecule has 0 saturated heterocycles. The van der Waals surface area contributed by atoms with E-state index in [-0.39, 0.29) is 22.5 Å². The van der Waals surface area contributed by atoms with E-state index in [1.54, 1.807) is 32.0 Å². The van der Waals surface area contributed by atoms with E-state index in [9.17, 15) is 23.3 Å². The first kappa shape index (κ1) is 21.8. The van der Waals surface area contributed by atoms with Gasteiger partial charge in [-0.15, -0.1) is 5.10 Å². The standard InChI is InChI=1S/C20H18N4O6S/c1-13(2)31(28,29)17-8-4-6-15(12-17)19-22-23-20(30-19)21-18(25)10-9-14-5-3-7-16(11-14)24(26)27/h3-13H,1-2H3,(H,21,23,25). The Morgan fingerprint density at radius 3 is 2.61 bits per heavy atom. The second-order valence-corrected chi connectivity index (χ2v) is 9.21. The van der Waals surface area contributed by atoms with E-state index in [2.05, 4.69) is 15.5 Å². The van der Waals surface area contributed by atoms with Crippen molar-refractivity contribution in [3.63, 3.8) is 0 Å². The molecule has 3 rings (SSSR count). The Bertz CT molecular complexity index is 1260. The summed E-state index contributed by atoms with van der Waals surface area (Å²) in [5.41, 5.74) is 0.770. The Kier molecular flexibility index (Phi) is 6.25. The molecule has 0 aliphatic carbocycles. The first-order chi connectivity index (χ1) is 14.7. The molecule has 0 aliphatic heterocycles. The summed E-state index contributed by atoms with van der Waals surface area (Å²) in [4.78, 5) is 22.5. The molecule has 0 saturated carbocycles. The molecule has 11 heteroatoms. The summed E-state index contributed by atoms with van der Waals surface area (Å²) in [6, 6.07) is 11.7. The van der Waals surface area contributed by atoms with Crippen LogP contribution in [-0.2, 0) is 14.6 Å². The van der Waals surface area contributed by atoms with Gasteiger partial charge in [-0.25, -0.2) is 8.42 Å². The molecule has 1 N–H and O–H groups in total. The second kappa shape index (κ2) is 8.88. The van der Waals surface area contributed by atoms with Gasteiger partial charge in [0.2, 0.25) is 5.89 Å². The molecule has 2 aromatic carbocycles. The third kappa shape index (κ3) is 5.20. The molecule has 1 aromatic heterocycles. The minimum absolute atomic E-state index is 0.0405. The summed E-state index contributed by atoms with van der Waals surface area (Å²) in [7, 11) is -3.47. The van der Waals surface area contributed by atoms with Crippen LogP contribution in [0.5, 0.6) is 0 Å². The number of nitrogens with zero attached hydrogens (tertiary/aromatic N) is 3. The van der Waals surface area contributed by atoms with E-state index in [0.717, 1.165) is 0 Å². The summed E-state index contributed by atoms with van der Waals surface area (Å²) in [5, 5.41) is 20.2. The lowest BCUT2D eigenvalue weighted by Gasteiger charge is -2.08. The molecule has 0 atom stereocenters. The number of carbonyl (C=O) groups is 1. The molecule has 0 spiro atoms. The predicted molar refractivity (Wildman–Crippen MR) is 113 cm³/mol. The van der Waals surface area contributed by atoms with Crippen LogP contribution in [-0.4, -0.2) is 34.7 Å². The van der Waals surface area contributed by atoms with Crippen LogP contribution in [0.15, 0.2) is 63.9 Å². The molecule has 10 nitrogen and oxygen atoms in total. The quantitative estimate of drug-likeness (QED) is 0.332. The van der Waals surface area contributed by atoms with Gasteiger partial charge in [0.15, 0.2) is 9.84 Å². The summed E-state index contributed by atoms with van der Waals surface area (Å²) >= 11 is 0.